The largest absolute Gasteiger partial charge is 0.466 e. The van der Waals surface area contributed by atoms with Gasteiger partial charge in [0.25, 0.3) is 5.91 Å². The van der Waals surface area contributed by atoms with Crippen molar-refractivity contribution in [3.8, 4) is 0 Å². The molecule has 1 amide bonds. The average Bonchev–Trinajstić information content (AvgIpc) is 3.32. The number of alkyl halides is 3. The van der Waals surface area contributed by atoms with E-state index < -0.39 is 23.4 Å². The molecule has 0 radical (unpaired) electrons. The fraction of sp³-hybridized carbons (Fsp3) is 0.176. The van der Waals surface area contributed by atoms with Crippen molar-refractivity contribution in [3.05, 3.63) is 76.1 Å². The Hall–Kier alpha value is -2.65. The normalized spacial score (nSPS) is 14.0. The Morgan fingerprint density at radius 2 is 2.04 bits per heavy atom. The number of hydrogen-bond acceptors (Lipinski definition) is 5. The first-order valence-corrected chi connectivity index (χ1v) is 8.30. The first-order valence-electron chi connectivity index (χ1n) is 7.42. The highest BCUT2D eigenvalue weighted by Crippen LogP contribution is 2.32. The molecule has 3 aromatic heterocycles. The summed E-state index contributed by atoms with van der Waals surface area (Å²) in [6, 6.07) is 8.38. The molecule has 26 heavy (non-hydrogen) atoms. The van der Waals surface area contributed by atoms with E-state index in [2.05, 4.69) is 10.3 Å². The number of halogens is 3. The SMILES string of the molecule is O=C(NC[C@](O)(c1ccco1)c1cccs1)c1ccc(C(F)(F)F)nc1. The van der Waals surface area contributed by atoms with Gasteiger partial charge in [-0.25, -0.2) is 0 Å². The van der Waals surface area contributed by atoms with E-state index >= 15 is 0 Å². The van der Waals surface area contributed by atoms with Crippen LogP contribution in [0.2, 0.25) is 0 Å². The van der Waals surface area contributed by atoms with Gasteiger partial charge in [0.15, 0.2) is 5.60 Å². The van der Waals surface area contributed by atoms with Crippen molar-refractivity contribution in [1.29, 1.82) is 0 Å². The molecule has 0 aromatic carbocycles. The highest BCUT2D eigenvalue weighted by atomic mass is 32.1. The van der Waals surface area contributed by atoms with Gasteiger partial charge in [-0.15, -0.1) is 11.3 Å². The van der Waals surface area contributed by atoms with Crippen LogP contribution in [0.4, 0.5) is 13.2 Å². The van der Waals surface area contributed by atoms with Crippen LogP contribution >= 0.6 is 11.3 Å². The molecule has 0 saturated heterocycles. The Bertz CT molecular complexity index is 826. The van der Waals surface area contributed by atoms with E-state index in [9.17, 15) is 23.1 Å². The molecule has 0 bridgehead atoms. The summed E-state index contributed by atoms with van der Waals surface area (Å²) in [5, 5.41) is 15.3. The Balaban J connectivity index is 1.76. The average molecular weight is 382 g/mol. The van der Waals surface area contributed by atoms with Gasteiger partial charge in [-0.05, 0) is 35.7 Å². The second kappa shape index (κ2) is 6.93. The third kappa shape index (κ3) is 3.63. The zero-order valence-corrected chi connectivity index (χ0v) is 14.0. The monoisotopic (exact) mass is 382 g/mol. The van der Waals surface area contributed by atoms with Crippen molar-refractivity contribution in [2.75, 3.05) is 6.54 Å². The predicted molar refractivity (Wildman–Crippen MR) is 87.6 cm³/mol. The van der Waals surface area contributed by atoms with E-state index in [1.54, 1.807) is 29.6 Å². The van der Waals surface area contributed by atoms with Crippen LogP contribution in [0.25, 0.3) is 0 Å². The molecular formula is C17H13F3N2O3S. The summed E-state index contributed by atoms with van der Waals surface area (Å²) in [5.74, 6) is -0.418. The lowest BCUT2D eigenvalue weighted by atomic mass is 9.98. The van der Waals surface area contributed by atoms with E-state index in [0.717, 1.165) is 18.3 Å². The summed E-state index contributed by atoms with van der Waals surface area (Å²) < 4.78 is 42.9. The van der Waals surface area contributed by atoms with Gasteiger partial charge in [0.05, 0.1) is 18.4 Å². The van der Waals surface area contributed by atoms with E-state index in [-0.39, 0.29) is 17.9 Å². The molecule has 1 atom stereocenters. The van der Waals surface area contributed by atoms with E-state index in [0.29, 0.717) is 4.88 Å². The predicted octanol–water partition coefficient (Wildman–Crippen LogP) is 3.42. The van der Waals surface area contributed by atoms with Gasteiger partial charge < -0.3 is 14.8 Å². The number of pyridine rings is 1. The van der Waals surface area contributed by atoms with Gasteiger partial charge in [-0.1, -0.05) is 6.07 Å². The van der Waals surface area contributed by atoms with Crippen LogP contribution in [0.3, 0.4) is 0 Å². The van der Waals surface area contributed by atoms with Crippen molar-refractivity contribution in [2.24, 2.45) is 0 Å². The smallest absolute Gasteiger partial charge is 0.433 e. The maximum atomic E-state index is 12.5. The summed E-state index contributed by atoms with van der Waals surface area (Å²) in [7, 11) is 0. The van der Waals surface area contributed by atoms with E-state index in [1.807, 2.05) is 0 Å². The number of carbonyl (C=O) groups excluding carboxylic acids is 1. The minimum atomic E-state index is -4.58. The Morgan fingerprint density at radius 3 is 2.58 bits per heavy atom. The quantitative estimate of drug-likeness (QED) is 0.709. The summed E-state index contributed by atoms with van der Waals surface area (Å²) in [5.41, 5.74) is -2.72. The van der Waals surface area contributed by atoms with Crippen LogP contribution in [0.15, 0.2) is 58.7 Å². The number of rotatable bonds is 5. The molecule has 3 aromatic rings. The van der Waals surface area contributed by atoms with Gasteiger partial charge in [0, 0.05) is 11.1 Å². The molecule has 9 heteroatoms. The lowest BCUT2D eigenvalue weighted by Crippen LogP contribution is -2.41. The molecule has 3 heterocycles. The Kier molecular flexibility index (Phi) is 4.84. The van der Waals surface area contributed by atoms with Crippen LogP contribution in [0.5, 0.6) is 0 Å². The van der Waals surface area contributed by atoms with Crippen LogP contribution in [0, 0.1) is 0 Å². The van der Waals surface area contributed by atoms with Gasteiger partial charge in [0.1, 0.15) is 11.5 Å². The zero-order valence-electron chi connectivity index (χ0n) is 13.2. The molecule has 0 aliphatic carbocycles. The number of furan rings is 1. The number of amides is 1. The molecule has 0 saturated carbocycles. The van der Waals surface area contributed by atoms with Crippen molar-refractivity contribution < 1.29 is 27.5 Å². The highest BCUT2D eigenvalue weighted by Gasteiger charge is 2.36. The summed E-state index contributed by atoms with van der Waals surface area (Å²) >= 11 is 1.28. The molecule has 0 aliphatic heterocycles. The molecular weight excluding hydrogens is 369 g/mol. The Morgan fingerprint density at radius 1 is 1.23 bits per heavy atom. The standard InChI is InChI=1S/C17H13F3N2O3S/c18-17(19,20)12-6-5-11(9-21-12)15(23)22-10-16(24,13-3-1-7-25-13)14-4-2-8-26-14/h1-9,24H,10H2,(H,22,23)/t16-/m0/s1. The van der Waals surface area contributed by atoms with Gasteiger partial charge in [0.2, 0.25) is 0 Å². The lowest BCUT2D eigenvalue weighted by Gasteiger charge is -2.25. The summed E-state index contributed by atoms with van der Waals surface area (Å²) in [6.07, 6.45) is -2.33. The van der Waals surface area contributed by atoms with Crippen LogP contribution in [-0.2, 0) is 11.8 Å². The molecule has 0 spiro atoms. The number of nitrogens with one attached hydrogen (secondary N) is 1. The molecule has 0 aliphatic rings. The van der Waals surface area contributed by atoms with E-state index in [4.69, 9.17) is 4.42 Å². The third-order valence-electron chi connectivity index (χ3n) is 3.68. The number of aliphatic hydroxyl groups is 1. The number of nitrogens with zero attached hydrogens (tertiary/aromatic N) is 1. The van der Waals surface area contributed by atoms with E-state index in [1.165, 1.54) is 17.6 Å². The van der Waals surface area contributed by atoms with Gasteiger partial charge in [-0.2, -0.15) is 13.2 Å². The highest BCUT2D eigenvalue weighted by molar-refractivity contribution is 7.10. The van der Waals surface area contributed by atoms with Crippen molar-refractivity contribution >= 4 is 17.2 Å². The van der Waals surface area contributed by atoms with Crippen LogP contribution in [-0.4, -0.2) is 22.5 Å². The topological polar surface area (TPSA) is 75.4 Å². The van der Waals surface area contributed by atoms with Gasteiger partial charge >= 0.3 is 6.18 Å². The number of aromatic nitrogens is 1. The second-order valence-corrected chi connectivity index (χ2v) is 6.38. The van der Waals surface area contributed by atoms with Gasteiger partial charge in [-0.3, -0.25) is 9.78 Å². The Labute approximate surface area is 150 Å². The number of carbonyl (C=O) groups is 1. The first kappa shape index (κ1) is 18.2. The fourth-order valence-corrected chi connectivity index (χ4v) is 3.16. The number of hydrogen-bond donors (Lipinski definition) is 2. The lowest BCUT2D eigenvalue weighted by molar-refractivity contribution is -0.141. The second-order valence-electron chi connectivity index (χ2n) is 5.43. The van der Waals surface area contributed by atoms with Crippen molar-refractivity contribution in [1.82, 2.24) is 10.3 Å². The summed E-state index contributed by atoms with van der Waals surface area (Å²) in [4.78, 5) is 16.0. The maximum Gasteiger partial charge on any atom is 0.433 e. The minimum absolute atomic E-state index is 0.0500. The molecule has 136 valence electrons. The molecule has 3 rings (SSSR count). The van der Waals surface area contributed by atoms with Crippen LogP contribution < -0.4 is 5.32 Å². The maximum absolute atomic E-state index is 12.5. The minimum Gasteiger partial charge on any atom is -0.466 e. The molecule has 0 fully saturated rings. The number of thiophene rings is 1. The third-order valence-corrected chi connectivity index (χ3v) is 4.70. The first-order chi connectivity index (χ1) is 12.3. The fourth-order valence-electron chi connectivity index (χ4n) is 2.33. The molecule has 5 nitrogen and oxygen atoms in total. The molecule has 0 unspecified atom stereocenters. The zero-order chi connectivity index (χ0) is 18.8. The van der Waals surface area contributed by atoms with Crippen molar-refractivity contribution in [2.45, 2.75) is 11.8 Å². The summed E-state index contributed by atoms with van der Waals surface area (Å²) in [6.45, 7) is -0.221. The molecule has 2 N–H and O–H groups in total. The van der Waals surface area contributed by atoms with Crippen molar-refractivity contribution in [3.63, 3.8) is 0 Å². The van der Waals surface area contributed by atoms with Crippen LogP contribution in [0.1, 0.15) is 26.7 Å².